The summed E-state index contributed by atoms with van der Waals surface area (Å²) in [6.45, 7) is 10.2. The quantitative estimate of drug-likeness (QED) is 0.769. The van der Waals surface area contributed by atoms with Crippen molar-refractivity contribution in [3.8, 4) is 0 Å². The Kier molecular flexibility index (Phi) is 7.40. The second-order valence-corrected chi connectivity index (χ2v) is 7.68. The van der Waals surface area contributed by atoms with Gasteiger partial charge < -0.3 is 11.1 Å². The fourth-order valence-corrected chi connectivity index (χ4v) is 3.54. The molecule has 1 unspecified atom stereocenters. The second-order valence-electron chi connectivity index (χ2n) is 6.68. The normalized spacial score (nSPS) is 13.2. The van der Waals surface area contributed by atoms with Crippen LogP contribution in [0.5, 0.6) is 0 Å². The van der Waals surface area contributed by atoms with Crippen molar-refractivity contribution in [2.45, 2.75) is 59.9 Å². The van der Waals surface area contributed by atoms with Crippen LogP contribution in [-0.4, -0.2) is 12.5 Å². The predicted octanol–water partition coefficient (Wildman–Crippen LogP) is 3.72. The Hall–Kier alpha value is -0.870. The van der Waals surface area contributed by atoms with Crippen LogP contribution >= 0.6 is 11.3 Å². The lowest BCUT2D eigenvalue weighted by atomic mass is 9.76. The molecule has 0 bridgehead atoms. The van der Waals surface area contributed by atoms with Gasteiger partial charge in [-0.25, -0.2) is 0 Å². The molecule has 0 aromatic carbocycles. The lowest BCUT2D eigenvalue weighted by Crippen LogP contribution is -2.27. The molecule has 0 aliphatic heterocycles. The summed E-state index contributed by atoms with van der Waals surface area (Å²) in [6, 6.07) is 2.14. The van der Waals surface area contributed by atoms with Crippen molar-refractivity contribution >= 4 is 17.2 Å². The zero-order chi connectivity index (χ0) is 15.9. The molecule has 0 fully saturated rings. The van der Waals surface area contributed by atoms with E-state index >= 15 is 0 Å². The molecule has 1 amide bonds. The van der Waals surface area contributed by atoms with E-state index < -0.39 is 0 Å². The first kappa shape index (κ1) is 18.2. The monoisotopic (exact) mass is 310 g/mol. The fraction of sp³-hybridized carbons (Fsp3) is 0.706. The third kappa shape index (κ3) is 6.18. The molecular weight excluding hydrogens is 280 g/mol. The van der Waals surface area contributed by atoms with Crippen LogP contribution in [0.15, 0.2) is 11.4 Å². The Bertz CT molecular complexity index is 434. The van der Waals surface area contributed by atoms with E-state index in [9.17, 15) is 4.79 Å². The van der Waals surface area contributed by atoms with E-state index in [-0.39, 0.29) is 11.3 Å². The molecule has 0 aliphatic rings. The molecule has 3 nitrogen and oxygen atoms in total. The highest BCUT2D eigenvalue weighted by Gasteiger charge is 2.24. The van der Waals surface area contributed by atoms with Gasteiger partial charge in [-0.3, -0.25) is 4.79 Å². The summed E-state index contributed by atoms with van der Waals surface area (Å²) in [6.07, 6.45) is 3.52. The number of nitrogens with one attached hydrogen (secondary N) is 1. The Morgan fingerprint density at radius 2 is 2.10 bits per heavy atom. The van der Waals surface area contributed by atoms with Crippen molar-refractivity contribution in [2.24, 2.45) is 17.1 Å². The van der Waals surface area contributed by atoms with E-state index in [1.165, 1.54) is 10.4 Å². The molecule has 0 aliphatic carbocycles. The number of carbonyl (C=O) groups excluding carboxylic acids is 1. The second kappa shape index (κ2) is 8.54. The van der Waals surface area contributed by atoms with E-state index in [0.29, 0.717) is 25.4 Å². The van der Waals surface area contributed by atoms with E-state index in [4.69, 9.17) is 5.73 Å². The number of hydrogen-bond acceptors (Lipinski definition) is 3. The van der Waals surface area contributed by atoms with Crippen LogP contribution in [0.25, 0.3) is 0 Å². The Morgan fingerprint density at radius 1 is 1.38 bits per heavy atom. The van der Waals surface area contributed by atoms with Crippen LogP contribution in [-0.2, 0) is 17.8 Å². The maximum Gasteiger partial charge on any atom is 0.220 e. The van der Waals surface area contributed by atoms with E-state index in [1.54, 1.807) is 11.3 Å². The first-order chi connectivity index (χ1) is 9.88. The van der Waals surface area contributed by atoms with Gasteiger partial charge in [-0.05, 0) is 54.1 Å². The number of carbonyl (C=O) groups is 1. The average molecular weight is 311 g/mol. The number of thiophene rings is 1. The summed E-state index contributed by atoms with van der Waals surface area (Å²) in [5.41, 5.74) is 7.24. The molecule has 1 aromatic rings. The summed E-state index contributed by atoms with van der Waals surface area (Å²) < 4.78 is 0. The third-order valence-electron chi connectivity index (χ3n) is 4.12. The maximum atomic E-state index is 12.0. The molecule has 21 heavy (non-hydrogen) atoms. The Labute approximate surface area is 133 Å². The van der Waals surface area contributed by atoms with Gasteiger partial charge in [0, 0.05) is 11.3 Å². The van der Waals surface area contributed by atoms with Crippen molar-refractivity contribution in [2.75, 3.05) is 6.54 Å². The topological polar surface area (TPSA) is 55.1 Å². The molecule has 1 heterocycles. The first-order valence-corrected chi connectivity index (χ1v) is 8.78. The van der Waals surface area contributed by atoms with Gasteiger partial charge in [-0.1, -0.05) is 27.7 Å². The van der Waals surface area contributed by atoms with Crippen molar-refractivity contribution in [3.63, 3.8) is 0 Å². The summed E-state index contributed by atoms with van der Waals surface area (Å²) in [5, 5.41) is 5.14. The lowest BCUT2D eigenvalue weighted by Gasteiger charge is -2.30. The third-order valence-corrected chi connectivity index (χ3v) is 5.09. The first-order valence-electron chi connectivity index (χ1n) is 7.90. The number of amides is 1. The maximum absolute atomic E-state index is 12.0. The SMILES string of the molecule is CCc1ccsc1CNC(=O)CCC(CCN)C(C)(C)C. The summed E-state index contributed by atoms with van der Waals surface area (Å²) in [5.74, 6) is 0.651. The average Bonchev–Trinajstić information content (AvgIpc) is 2.87. The highest BCUT2D eigenvalue weighted by atomic mass is 32.1. The fourth-order valence-electron chi connectivity index (χ4n) is 2.62. The van der Waals surface area contributed by atoms with Gasteiger partial charge in [0.15, 0.2) is 0 Å². The van der Waals surface area contributed by atoms with Crippen molar-refractivity contribution in [1.29, 1.82) is 0 Å². The molecule has 0 spiro atoms. The predicted molar refractivity (Wildman–Crippen MR) is 91.4 cm³/mol. The number of aryl methyl sites for hydroxylation is 1. The van der Waals surface area contributed by atoms with Crippen LogP contribution < -0.4 is 11.1 Å². The van der Waals surface area contributed by atoms with E-state index in [0.717, 1.165) is 19.3 Å². The zero-order valence-corrected chi connectivity index (χ0v) is 14.7. The van der Waals surface area contributed by atoms with Crippen LogP contribution in [0.1, 0.15) is 57.4 Å². The largest absolute Gasteiger partial charge is 0.351 e. The van der Waals surface area contributed by atoms with Gasteiger partial charge >= 0.3 is 0 Å². The zero-order valence-electron chi connectivity index (χ0n) is 13.9. The van der Waals surface area contributed by atoms with Gasteiger partial charge in [0.2, 0.25) is 5.91 Å². The highest BCUT2D eigenvalue weighted by molar-refractivity contribution is 7.10. The molecule has 0 saturated carbocycles. The molecule has 0 radical (unpaired) electrons. The van der Waals surface area contributed by atoms with Gasteiger partial charge in [0.1, 0.15) is 0 Å². The standard InChI is InChI=1S/C17H30N2OS/c1-5-13-9-11-21-15(13)12-19-16(20)7-6-14(8-10-18)17(2,3)4/h9,11,14H,5-8,10,12,18H2,1-4H3,(H,19,20). The minimum atomic E-state index is 0.150. The molecular formula is C17H30N2OS. The van der Waals surface area contributed by atoms with Crippen molar-refractivity contribution < 1.29 is 4.79 Å². The molecule has 3 N–H and O–H groups in total. The molecule has 1 aromatic heterocycles. The van der Waals surface area contributed by atoms with Gasteiger partial charge in [0.05, 0.1) is 6.54 Å². The number of hydrogen-bond donors (Lipinski definition) is 2. The van der Waals surface area contributed by atoms with E-state index in [1.807, 2.05) is 0 Å². The number of rotatable bonds is 8. The Morgan fingerprint density at radius 3 is 2.67 bits per heavy atom. The lowest BCUT2D eigenvalue weighted by molar-refractivity contribution is -0.121. The van der Waals surface area contributed by atoms with Gasteiger partial charge in [-0.2, -0.15) is 0 Å². The van der Waals surface area contributed by atoms with Gasteiger partial charge in [0.25, 0.3) is 0 Å². The highest BCUT2D eigenvalue weighted by Crippen LogP contribution is 2.32. The van der Waals surface area contributed by atoms with Gasteiger partial charge in [-0.15, -0.1) is 11.3 Å². The van der Waals surface area contributed by atoms with E-state index in [2.05, 4.69) is 44.5 Å². The molecule has 120 valence electrons. The van der Waals surface area contributed by atoms with Crippen LogP contribution in [0.3, 0.4) is 0 Å². The minimum Gasteiger partial charge on any atom is -0.351 e. The number of nitrogens with two attached hydrogens (primary N) is 1. The molecule has 0 saturated heterocycles. The molecule has 4 heteroatoms. The molecule has 1 rings (SSSR count). The van der Waals surface area contributed by atoms with Crippen molar-refractivity contribution in [1.82, 2.24) is 5.32 Å². The Balaban J connectivity index is 2.39. The van der Waals surface area contributed by atoms with Crippen LogP contribution in [0, 0.1) is 11.3 Å². The molecule has 1 atom stereocenters. The summed E-state index contributed by atoms with van der Waals surface area (Å²) in [4.78, 5) is 13.3. The van der Waals surface area contributed by atoms with Crippen LogP contribution in [0.4, 0.5) is 0 Å². The summed E-state index contributed by atoms with van der Waals surface area (Å²) in [7, 11) is 0. The minimum absolute atomic E-state index is 0.150. The smallest absolute Gasteiger partial charge is 0.220 e. The van der Waals surface area contributed by atoms with Crippen LogP contribution in [0.2, 0.25) is 0 Å². The van der Waals surface area contributed by atoms with Crippen molar-refractivity contribution in [3.05, 3.63) is 21.9 Å². The summed E-state index contributed by atoms with van der Waals surface area (Å²) >= 11 is 1.72.